The Balaban J connectivity index is 2.57. The first-order valence-electron chi connectivity index (χ1n) is 6.94. The fraction of sp³-hybridized carbons (Fsp3) is 0.562. The summed E-state index contributed by atoms with van der Waals surface area (Å²) in [6, 6.07) is 7.94. The fourth-order valence-electron chi connectivity index (χ4n) is 1.69. The van der Waals surface area contributed by atoms with Crippen LogP contribution in [0.3, 0.4) is 0 Å². The second-order valence-corrected chi connectivity index (χ2v) is 6.08. The Morgan fingerprint density at radius 2 is 1.80 bits per heavy atom. The molecule has 0 aliphatic carbocycles. The van der Waals surface area contributed by atoms with Crippen LogP contribution in [-0.4, -0.2) is 23.2 Å². The van der Waals surface area contributed by atoms with Crippen LogP contribution in [0.15, 0.2) is 24.3 Å². The van der Waals surface area contributed by atoms with Gasteiger partial charge in [0.2, 0.25) is 0 Å². The molecule has 1 unspecified atom stereocenters. The first kappa shape index (κ1) is 16.5. The van der Waals surface area contributed by atoms with E-state index in [1.807, 2.05) is 12.1 Å². The number of hydrogen-bond donors (Lipinski definition) is 2. The minimum Gasteiger partial charge on any atom is -0.494 e. The SMILES string of the molecule is CCC(C)(C)c1ccc(OCCC(C)(N)C(=O)O)cc1. The summed E-state index contributed by atoms with van der Waals surface area (Å²) < 4.78 is 5.55. The monoisotopic (exact) mass is 279 g/mol. The Morgan fingerprint density at radius 1 is 1.25 bits per heavy atom. The van der Waals surface area contributed by atoms with Gasteiger partial charge in [0.1, 0.15) is 11.3 Å². The lowest BCUT2D eigenvalue weighted by atomic mass is 9.82. The number of carbonyl (C=O) groups is 1. The van der Waals surface area contributed by atoms with Crippen LogP contribution in [0.25, 0.3) is 0 Å². The minimum atomic E-state index is -1.25. The van der Waals surface area contributed by atoms with Gasteiger partial charge in [-0.2, -0.15) is 0 Å². The van der Waals surface area contributed by atoms with E-state index in [0.29, 0.717) is 0 Å². The molecule has 112 valence electrons. The van der Waals surface area contributed by atoms with Crippen LogP contribution >= 0.6 is 0 Å². The summed E-state index contributed by atoms with van der Waals surface area (Å²) in [6.07, 6.45) is 1.34. The second-order valence-electron chi connectivity index (χ2n) is 6.08. The molecule has 0 radical (unpaired) electrons. The van der Waals surface area contributed by atoms with E-state index in [0.717, 1.165) is 12.2 Å². The average Bonchev–Trinajstić information content (AvgIpc) is 2.39. The molecule has 0 aliphatic heterocycles. The van der Waals surface area contributed by atoms with Crippen molar-refractivity contribution in [3.63, 3.8) is 0 Å². The van der Waals surface area contributed by atoms with Crippen LogP contribution in [0, 0.1) is 0 Å². The minimum absolute atomic E-state index is 0.150. The largest absolute Gasteiger partial charge is 0.494 e. The molecule has 0 amide bonds. The highest BCUT2D eigenvalue weighted by Gasteiger charge is 2.27. The maximum Gasteiger partial charge on any atom is 0.323 e. The molecule has 0 saturated carbocycles. The lowest BCUT2D eigenvalue weighted by Gasteiger charge is -2.23. The molecule has 1 rings (SSSR count). The number of carboxylic acid groups (broad SMARTS) is 1. The van der Waals surface area contributed by atoms with Crippen LogP contribution in [0.1, 0.15) is 46.1 Å². The van der Waals surface area contributed by atoms with E-state index in [1.54, 1.807) is 0 Å². The molecular formula is C16H25NO3. The Kier molecular flexibility index (Phi) is 5.17. The Morgan fingerprint density at radius 3 is 2.25 bits per heavy atom. The number of hydrogen-bond acceptors (Lipinski definition) is 3. The molecule has 0 aromatic heterocycles. The van der Waals surface area contributed by atoms with E-state index in [9.17, 15) is 4.79 Å². The van der Waals surface area contributed by atoms with Crippen molar-refractivity contribution in [3.05, 3.63) is 29.8 Å². The van der Waals surface area contributed by atoms with E-state index in [1.165, 1.54) is 12.5 Å². The number of nitrogens with two attached hydrogens (primary N) is 1. The van der Waals surface area contributed by atoms with Gasteiger partial charge in [-0.05, 0) is 36.5 Å². The lowest BCUT2D eigenvalue weighted by molar-refractivity contribution is -0.143. The molecule has 0 bridgehead atoms. The molecule has 0 spiro atoms. The van der Waals surface area contributed by atoms with Crippen LogP contribution in [0.2, 0.25) is 0 Å². The summed E-state index contributed by atoms with van der Waals surface area (Å²) in [5.74, 6) is -0.275. The van der Waals surface area contributed by atoms with Crippen molar-refractivity contribution in [2.24, 2.45) is 5.73 Å². The average molecular weight is 279 g/mol. The van der Waals surface area contributed by atoms with Crippen LogP contribution in [-0.2, 0) is 10.2 Å². The third-order valence-corrected chi connectivity index (χ3v) is 3.90. The summed E-state index contributed by atoms with van der Waals surface area (Å²) in [5.41, 5.74) is 5.81. The molecule has 4 heteroatoms. The van der Waals surface area contributed by atoms with Gasteiger partial charge in [0, 0.05) is 6.42 Å². The Labute approximate surface area is 120 Å². The van der Waals surface area contributed by atoms with Gasteiger partial charge < -0.3 is 15.6 Å². The first-order valence-corrected chi connectivity index (χ1v) is 6.94. The number of benzene rings is 1. The van der Waals surface area contributed by atoms with Crippen molar-refractivity contribution in [1.82, 2.24) is 0 Å². The van der Waals surface area contributed by atoms with E-state index < -0.39 is 11.5 Å². The summed E-state index contributed by atoms with van der Waals surface area (Å²) in [4.78, 5) is 10.9. The van der Waals surface area contributed by atoms with Crippen molar-refractivity contribution in [2.75, 3.05) is 6.61 Å². The molecule has 3 N–H and O–H groups in total. The predicted molar refractivity (Wildman–Crippen MR) is 80.1 cm³/mol. The van der Waals surface area contributed by atoms with E-state index >= 15 is 0 Å². The molecule has 1 atom stereocenters. The summed E-state index contributed by atoms with van der Waals surface area (Å²) >= 11 is 0. The lowest BCUT2D eigenvalue weighted by Crippen LogP contribution is -2.45. The zero-order chi connectivity index (χ0) is 15.4. The molecule has 20 heavy (non-hydrogen) atoms. The Hall–Kier alpha value is -1.55. The van der Waals surface area contributed by atoms with Gasteiger partial charge >= 0.3 is 5.97 Å². The van der Waals surface area contributed by atoms with E-state index in [2.05, 4.69) is 32.9 Å². The number of ether oxygens (including phenoxy) is 1. The number of rotatable bonds is 7. The van der Waals surface area contributed by atoms with Crippen molar-refractivity contribution >= 4 is 5.97 Å². The van der Waals surface area contributed by atoms with Gasteiger partial charge in [-0.25, -0.2) is 0 Å². The van der Waals surface area contributed by atoms with Crippen LogP contribution < -0.4 is 10.5 Å². The van der Waals surface area contributed by atoms with Crippen molar-refractivity contribution in [3.8, 4) is 5.75 Å². The van der Waals surface area contributed by atoms with Gasteiger partial charge in [-0.15, -0.1) is 0 Å². The molecule has 0 aliphatic rings. The first-order chi connectivity index (χ1) is 9.19. The predicted octanol–water partition coefficient (Wildman–Crippen LogP) is 2.95. The standard InChI is InChI=1S/C16H25NO3/c1-5-15(2,3)12-6-8-13(9-7-12)20-11-10-16(4,17)14(18)19/h6-9H,5,10-11,17H2,1-4H3,(H,18,19). The topological polar surface area (TPSA) is 72.5 Å². The normalized spacial score (nSPS) is 14.7. The van der Waals surface area contributed by atoms with E-state index in [4.69, 9.17) is 15.6 Å². The molecular weight excluding hydrogens is 254 g/mol. The summed E-state index contributed by atoms with van der Waals surface area (Å²) in [6.45, 7) is 8.35. The highest BCUT2D eigenvalue weighted by Crippen LogP contribution is 2.28. The van der Waals surface area contributed by atoms with Crippen molar-refractivity contribution in [1.29, 1.82) is 0 Å². The number of carboxylic acids is 1. The molecule has 1 aromatic rings. The number of aliphatic carboxylic acids is 1. The second kappa shape index (κ2) is 6.27. The van der Waals surface area contributed by atoms with Gasteiger partial charge in [0.15, 0.2) is 0 Å². The third-order valence-electron chi connectivity index (χ3n) is 3.90. The van der Waals surface area contributed by atoms with Gasteiger partial charge in [0.25, 0.3) is 0 Å². The van der Waals surface area contributed by atoms with Gasteiger partial charge in [0.05, 0.1) is 6.61 Å². The molecule has 0 heterocycles. The highest BCUT2D eigenvalue weighted by molar-refractivity contribution is 5.77. The quantitative estimate of drug-likeness (QED) is 0.805. The maximum atomic E-state index is 10.9. The highest BCUT2D eigenvalue weighted by atomic mass is 16.5. The van der Waals surface area contributed by atoms with Gasteiger partial charge in [-0.1, -0.05) is 32.9 Å². The summed E-state index contributed by atoms with van der Waals surface area (Å²) in [5, 5.41) is 8.91. The fourth-order valence-corrected chi connectivity index (χ4v) is 1.69. The Bertz CT molecular complexity index is 449. The molecule has 0 fully saturated rings. The van der Waals surface area contributed by atoms with Crippen LogP contribution in [0.5, 0.6) is 5.75 Å². The van der Waals surface area contributed by atoms with E-state index in [-0.39, 0.29) is 18.4 Å². The zero-order valence-electron chi connectivity index (χ0n) is 12.8. The van der Waals surface area contributed by atoms with Gasteiger partial charge in [-0.3, -0.25) is 4.79 Å². The summed E-state index contributed by atoms with van der Waals surface area (Å²) in [7, 11) is 0. The third kappa shape index (κ3) is 4.23. The smallest absolute Gasteiger partial charge is 0.323 e. The molecule has 0 saturated heterocycles. The van der Waals surface area contributed by atoms with Crippen molar-refractivity contribution in [2.45, 2.75) is 51.5 Å². The molecule has 4 nitrogen and oxygen atoms in total. The van der Waals surface area contributed by atoms with Crippen LogP contribution in [0.4, 0.5) is 0 Å². The zero-order valence-corrected chi connectivity index (χ0v) is 12.8. The molecule has 1 aromatic carbocycles. The van der Waals surface area contributed by atoms with Crippen molar-refractivity contribution < 1.29 is 14.6 Å². The maximum absolute atomic E-state index is 10.9.